The van der Waals surface area contributed by atoms with E-state index in [1.165, 1.54) is 4.90 Å². The third-order valence-corrected chi connectivity index (χ3v) is 7.62. The normalized spacial score (nSPS) is 20.0. The van der Waals surface area contributed by atoms with Gasteiger partial charge in [0.05, 0.1) is 36.1 Å². The number of rotatable bonds is 3. The lowest BCUT2D eigenvalue weighted by molar-refractivity contribution is -0.122. The van der Waals surface area contributed by atoms with Crippen LogP contribution in [0.4, 0.5) is 4.79 Å². The van der Waals surface area contributed by atoms with E-state index < -0.39 is 11.7 Å². The lowest BCUT2D eigenvalue weighted by Gasteiger charge is -2.47. The Morgan fingerprint density at radius 2 is 1.87 bits per heavy atom. The third-order valence-electron chi connectivity index (χ3n) is 7.05. The van der Waals surface area contributed by atoms with Crippen molar-refractivity contribution in [3.8, 4) is 23.1 Å². The first-order valence-corrected chi connectivity index (χ1v) is 13.0. The minimum Gasteiger partial charge on any atom is -0.465 e. The number of nitrogens with zero attached hydrogens (tertiary/aromatic N) is 6. The fraction of sp³-hybridized carbons (Fsp3) is 0.333. The molecule has 1 spiro atoms. The van der Waals surface area contributed by atoms with E-state index in [4.69, 9.17) is 33.0 Å². The zero-order valence-corrected chi connectivity index (χ0v) is 22.3. The summed E-state index contributed by atoms with van der Waals surface area (Å²) in [5, 5.41) is 25.3. The number of amidine groups is 1. The number of benzene rings is 2. The van der Waals surface area contributed by atoms with Crippen LogP contribution >= 0.6 is 23.2 Å². The topological polar surface area (TPSA) is 107 Å². The van der Waals surface area contributed by atoms with E-state index >= 15 is 0 Å². The number of amides is 1. The number of aliphatic imine (C=N–C) groups is 1. The number of ether oxygens (including phenoxy) is 1. The van der Waals surface area contributed by atoms with Gasteiger partial charge in [-0.2, -0.15) is 15.4 Å². The van der Waals surface area contributed by atoms with Crippen LogP contribution in [0, 0.1) is 18.4 Å². The van der Waals surface area contributed by atoms with E-state index in [0.717, 1.165) is 23.2 Å². The molecule has 2 aliphatic rings. The van der Waals surface area contributed by atoms with Crippen molar-refractivity contribution in [1.29, 1.82) is 5.26 Å². The quantitative estimate of drug-likeness (QED) is 0.271. The van der Waals surface area contributed by atoms with Gasteiger partial charge >= 0.3 is 6.09 Å². The largest absolute Gasteiger partial charge is 0.465 e. The Balaban J connectivity index is 1.60. The van der Waals surface area contributed by atoms with Crippen LogP contribution in [-0.2, 0) is 4.74 Å². The van der Waals surface area contributed by atoms with Crippen molar-refractivity contribution in [3.05, 3.63) is 69.8 Å². The Hall–Kier alpha value is -3.58. The zero-order chi connectivity index (χ0) is 26.9. The average Bonchev–Trinajstić information content (AvgIpc) is 3.24. The van der Waals surface area contributed by atoms with Gasteiger partial charge in [0.15, 0.2) is 5.84 Å². The van der Waals surface area contributed by atoms with Gasteiger partial charge in [-0.05, 0) is 44.0 Å². The Morgan fingerprint density at radius 1 is 1.13 bits per heavy atom. The van der Waals surface area contributed by atoms with Gasteiger partial charge in [-0.15, -0.1) is 0 Å². The molecule has 0 bridgehead atoms. The van der Waals surface area contributed by atoms with Gasteiger partial charge in [-0.3, -0.25) is 0 Å². The van der Waals surface area contributed by atoms with Gasteiger partial charge in [0.2, 0.25) is 6.19 Å². The molecular weight excluding hydrogens is 527 g/mol. The molecule has 1 amide bonds. The van der Waals surface area contributed by atoms with E-state index in [1.807, 2.05) is 60.5 Å². The van der Waals surface area contributed by atoms with Crippen LogP contribution < -0.4 is 0 Å². The summed E-state index contributed by atoms with van der Waals surface area (Å²) in [6.45, 7) is 3.95. The van der Waals surface area contributed by atoms with Crippen molar-refractivity contribution < 1.29 is 14.6 Å². The molecule has 1 N–H and O–H groups in total. The molecule has 3 aromatic rings. The first-order valence-electron chi connectivity index (χ1n) is 12.3. The molecule has 2 aliphatic heterocycles. The molecule has 2 aromatic carbocycles. The molecular formula is C27H26Cl2N6O3. The summed E-state index contributed by atoms with van der Waals surface area (Å²) in [5.74, 6) is 0.418. The molecule has 2 fully saturated rings. The van der Waals surface area contributed by atoms with Crippen LogP contribution in [0.15, 0.2) is 53.5 Å². The molecule has 5 rings (SSSR count). The molecule has 38 heavy (non-hydrogen) atoms. The lowest BCUT2D eigenvalue weighted by atomic mass is 9.90. The number of likely N-dealkylation sites (tertiary alicyclic amines) is 1. The van der Waals surface area contributed by atoms with Crippen molar-refractivity contribution in [2.24, 2.45) is 4.99 Å². The molecule has 2 saturated heterocycles. The summed E-state index contributed by atoms with van der Waals surface area (Å²) >= 11 is 12.7. The maximum atomic E-state index is 11.7. The summed E-state index contributed by atoms with van der Waals surface area (Å²) < 4.78 is 7.94. The number of piperidine rings is 1. The number of nitriles is 1. The molecule has 1 aromatic heterocycles. The van der Waals surface area contributed by atoms with E-state index in [1.54, 1.807) is 10.7 Å². The van der Waals surface area contributed by atoms with Crippen LogP contribution in [0.25, 0.3) is 16.9 Å². The predicted octanol–water partition coefficient (Wildman–Crippen LogP) is 5.23. The van der Waals surface area contributed by atoms with Gasteiger partial charge in [-0.1, -0.05) is 47.5 Å². The SMILES string of the molecule is Cc1c(C(=NC#N)N2CCOC3(CCCN(C(=O)O)C3)C2)nn(-c2ccccc2Cl)c1-c1ccc(Cl)cc1. The Kier molecular flexibility index (Phi) is 7.30. The van der Waals surface area contributed by atoms with Crippen LogP contribution in [0.1, 0.15) is 24.1 Å². The zero-order valence-electron chi connectivity index (χ0n) is 20.8. The van der Waals surface area contributed by atoms with Crippen LogP contribution in [0.3, 0.4) is 0 Å². The van der Waals surface area contributed by atoms with Gasteiger partial charge in [0.25, 0.3) is 0 Å². The highest BCUT2D eigenvalue weighted by Crippen LogP contribution is 2.34. The van der Waals surface area contributed by atoms with Gasteiger partial charge in [0, 0.05) is 29.2 Å². The molecule has 1 atom stereocenters. The minimum absolute atomic E-state index is 0.266. The number of hydrogen-bond donors (Lipinski definition) is 1. The number of morpholine rings is 1. The van der Waals surface area contributed by atoms with E-state index in [0.29, 0.717) is 59.9 Å². The smallest absolute Gasteiger partial charge is 0.407 e. The van der Waals surface area contributed by atoms with E-state index in [2.05, 4.69) is 4.99 Å². The first-order chi connectivity index (χ1) is 18.3. The molecule has 0 aliphatic carbocycles. The molecule has 9 nitrogen and oxygen atoms in total. The fourth-order valence-electron chi connectivity index (χ4n) is 5.31. The van der Waals surface area contributed by atoms with Crippen molar-refractivity contribution >= 4 is 35.1 Å². The second kappa shape index (κ2) is 10.7. The highest BCUT2D eigenvalue weighted by atomic mass is 35.5. The number of carboxylic acid groups (broad SMARTS) is 1. The Bertz CT molecular complexity index is 1430. The van der Waals surface area contributed by atoms with Crippen LogP contribution in [-0.4, -0.2) is 75.0 Å². The summed E-state index contributed by atoms with van der Waals surface area (Å²) in [5.41, 5.74) is 3.05. The molecule has 3 heterocycles. The van der Waals surface area contributed by atoms with Crippen LogP contribution in [0.2, 0.25) is 10.0 Å². The number of halogens is 2. The lowest BCUT2D eigenvalue weighted by Crippen LogP contribution is -2.61. The summed E-state index contributed by atoms with van der Waals surface area (Å²) in [6, 6.07) is 14.9. The maximum absolute atomic E-state index is 11.7. The number of aromatic nitrogens is 2. The molecule has 0 saturated carbocycles. The average molecular weight is 553 g/mol. The van der Waals surface area contributed by atoms with Gasteiger partial charge < -0.3 is 19.6 Å². The minimum atomic E-state index is -0.961. The fourth-order valence-corrected chi connectivity index (χ4v) is 5.65. The highest BCUT2D eigenvalue weighted by molar-refractivity contribution is 6.32. The van der Waals surface area contributed by atoms with E-state index in [9.17, 15) is 15.2 Å². The second-order valence-corrected chi connectivity index (χ2v) is 10.3. The number of carbonyl (C=O) groups is 1. The van der Waals surface area contributed by atoms with Gasteiger partial charge in [-0.25, -0.2) is 9.48 Å². The summed E-state index contributed by atoms with van der Waals surface area (Å²) in [7, 11) is 0. The van der Waals surface area contributed by atoms with Crippen molar-refractivity contribution in [2.45, 2.75) is 25.4 Å². The number of para-hydroxylation sites is 1. The van der Waals surface area contributed by atoms with E-state index in [-0.39, 0.29) is 6.54 Å². The maximum Gasteiger partial charge on any atom is 0.407 e. The van der Waals surface area contributed by atoms with Crippen molar-refractivity contribution in [3.63, 3.8) is 0 Å². The monoisotopic (exact) mass is 552 g/mol. The number of hydrogen-bond acceptors (Lipinski definition) is 5. The summed E-state index contributed by atoms with van der Waals surface area (Å²) in [4.78, 5) is 19.3. The standard InChI is InChI=1S/C27H26Cl2N6O3/c1-18-23(25(31-17-30)33-13-14-38-27(15-33)11-4-12-34(16-27)26(36)37)32-35(22-6-3-2-5-21(22)29)24(18)19-7-9-20(28)10-8-19/h2-3,5-10H,4,11-16H2,1H3,(H,36,37). The second-order valence-electron chi connectivity index (χ2n) is 9.49. The molecule has 1 unspecified atom stereocenters. The van der Waals surface area contributed by atoms with Crippen LogP contribution in [0.5, 0.6) is 0 Å². The highest BCUT2D eigenvalue weighted by Gasteiger charge is 2.43. The predicted molar refractivity (Wildman–Crippen MR) is 145 cm³/mol. The third kappa shape index (κ3) is 4.95. The molecule has 0 radical (unpaired) electrons. The first kappa shape index (κ1) is 26.0. The summed E-state index contributed by atoms with van der Waals surface area (Å²) in [6.07, 6.45) is 2.40. The van der Waals surface area contributed by atoms with Gasteiger partial charge in [0.1, 0.15) is 11.3 Å². The Morgan fingerprint density at radius 3 is 2.58 bits per heavy atom. The molecule has 196 valence electrons. The molecule has 11 heteroatoms. The van der Waals surface area contributed by atoms with Crippen molar-refractivity contribution in [2.75, 3.05) is 32.8 Å². The Labute approximate surface area is 230 Å². The van der Waals surface area contributed by atoms with Crippen molar-refractivity contribution in [1.82, 2.24) is 19.6 Å².